The third kappa shape index (κ3) is 4.68. The van der Waals surface area contributed by atoms with E-state index in [1.165, 1.54) is 23.1 Å². The molecule has 2 aromatic carbocycles. The van der Waals surface area contributed by atoms with Crippen LogP contribution in [-0.2, 0) is 0 Å². The van der Waals surface area contributed by atoms with Crippen LogP contribution >= 0.6 is 0 Å². The van der Waals surface area contributed by atoms with Gasteiger partial charge in [0.15, 0.2) is 0 Å². The van der Waals surface area contributed by atoms with Crippen molar-refractivity contribution in [3.63, 3.8) is 0 Å². The standard InChI is InChI=1S/C19H20N4O4/c24-22(25)18-9-7-17(8-10-18)21-14-12-20(13-15-21)11-3-5-16-4-1-2-6-19(16)23(26)27/h1-10H,11-15H2/p+1/b5-3+. The lowest BCUT2D eigenvalue weighted by Crippen LogP contribution is -3.14. The summed E-state index contributed by atoms with van der Waals surface area (Å²) >= 11 is 0. The van der Waals surface area contributed by atoms with Crippen LogP contribution in [0.1, 0.15) is 5.56 Å². The van der Waals surface area contributed by atoms with Gasteiger partial charge in [-0.25, -0.2) is 0 Å². The summed E-state index contributed by atoms with van der Waals surface area (Å²) in [6, 6.07) is 13.4. The highest BCUT2D eigenvalue weighted by Crippen LogP contribution is 2.20. The molecule has 0 atom stereocenters. The summed E-state index contributed by atoms with van der Waals surface area (Å²) in [6.07, 6.45) is 3.80. The van der Waals surface area contributed by atoms with E-state index in [0.717, 1.165) is 38.4 Å². The molecule has 1 aliphatic heterocycles. The van der Waals surface area contributed by atoms with Crippen molar-refractivity contribution < 1.29 is 14.7 Å². The van der Waals surface area contributed by atoms with Gasteiger partial charge < -0.3 is 9.80 Å². The number of nitrogens with one attached hydrogen (secondary N) is 1. The van der Waals surface area contributed by atoms with E-state index < -0.39 is 4.92 Å². The van der Waals surface area contributed by atoms with Gasteiger partial charge in [-0.3, -0.25) is 20.2 Å². The van der Waals surface area contributed by atoms with Gasteiger partial charge in [-0.1, -0.05) is 12.1 Å². The molecular formula is C19H21N4O4+. The van der Waals surface area contributed by atoms with E-state index >= 15 is 0 Å². The summed E-state index contributed by atoms with van der Waals surface area (Å²) in [6.45, 7) is 4.43. The summed E-state index contributed by atoms with van der Waals surface area (Å²) in [7, 11) is 0. The Hall–Kier alpha value is -3.26. The van der Waals surface area contributed by atoms with Gasteiger partial charge in [-0.2, -0.15) is 0 Å². The van der Waals surface area contributed by atoms with Crippen molar-refractivity contribution in [1.29, 1.82) is 0 Å². The molecule has 8 heteroatoms. The molecule has 0 aromatic heterocycles. The zero-order valence-corrected chi connectivity index (χ0v) is 14.8. The minimum absolute atomic E-state index is 0.100. The van der Waals surface area contributed by atoms with E-state index in [9.17, 15) is 20.2 Å². The minimum atomic E-state index is -0.394. The Morgan fingerprint density at radius 2 is 1.63 bits per heavy atom. The molecule has 1 saturated heterocycles. The number of quaternary nitrogens is 1. The maximum absolute atomic E-state index is 11.0. The Morgan fingerprint density at radius 3 is 2.26 bits per heavy atom. The van der Waals surface area contributed by atoms with E-state index in [1.807, 2.05) is 12.2 Å². The molecule has 140 valence electrons. The number of non-ortho nitro benzene ring substituents is 1. The fourth-order valence-corrected chi connectivity index (χ4v) is 3.22. The Bertz CT molecular complexity index is 843. The monoisotopic (exact) mass is 369 g/mol. The molecule has 8 nitrogen and oxygen atoms in total. The van der Waals surface area contributed by atoms with E-state index in [4.69, 9.17) is 0 Å². The van der Waals surface area contributed by atoms with Gasteiger partial charge in [-0.15, -0.1) is 0 Å². The number of nitrogens with zero attached hydrogens (tertiary/aromatic N) is 3. The molecule has 1 fully saturated rings. The molecule has 1 aliphatic rings. The zero-order chi connectivity index (χ0) is 19.2. The largest absolute Gasteiger partial charge is 0.360 e. The average molecular weight is 369 g/mol. The first-order chi connectivity index (χ1) is 13.0. The molecule has 2 aromatic rings. The van der Waals surface area contributed by atoms with Gasteiger partial charge in [0, 0.05) is 23.9 Å². The SMILES string of the molecule is O=[N+]([O-])c1ccc(N2CC[NH+](C/C=C/c3ccccc3[N+](=O)[O-])CC2)cc1. The lowest BCUT2D eigenvalue weighted by Gasteiger charge is -2.33. The first-order valence-electron chi connectivity index (χ1n) is 8.77. The Morgan fingerprint density at radius 1 is 0.963 bits per heavy atom. The van der Waals surface area contributed by atoms with Crippen molar-refractivity contribution in [2.45, 2.75) is 0 Å². The highest BCUT2D eigenvalue weighted by atomic mass is 16.6. The van der Waals surface area contributed by atoms with E-state index in [-0.39, 0.29) is 16.3 Å². The van der Waals surface area contributed by atoms with Crippen LogP contribution in [0.4, 0.5) is 17.1 Å². The summed E-state index contributed by atoms with van der Waals surface area (Å²) in [5.41, 5.74) is 1.83. The third-order valence-electron chi connectivity index (χ3n) is 4.73. The van der Waals surface area contributed by atoms with Gasteiger partial charge in [-0.05, 0) is 30.4 Å². The molecule has 0 aliphatic carbocycles. The van der Waals surface area contributed by atoms with Crippen molar-refractivity contribution >= 4 is 23.1 Å². The highest BCUT2D eigenvalue weighted by Gasteiger charge is 2.20. The van der Waals surface area contributed by atoms with Crippen LogP contribution in [0.3, 0.4) is 0 Å². The normalized spacial score (nSPS) is 15.2. The summed E-state index contributed by atoms with van der Waals surface area (Å²) in [5.74, 6) is 0. The number of rotatable bonds is 6. The number of benzene rings is 2. The number of nitro benzene ring substituents is 2. The Balaban J connectivity index is 1.52. The van der Waals surface area contributed by atoms with Gasteiger partial charge >= 0.3 is 0 Å². The van der Waals surface area contributed by atoms with Crippen molar-refractivity contribution in [3.05, 3.63) is 80.4 Å². The van der Waals surface area contributed by atoms with Crippen LogP contribution in [0.5, 0.6) is 0 Å². The maximum Gasteiger partial charge on any atom is 0.276 e. The van der Waals surface area contributed by atoms with Crippen LogP contribution < -0.4 is 9.80 Å². The van der Waals surface area contributed by atoms with E-state index in [1.54, 1.807) is 30.3 Å². The second kappa shape index (κ2) is 8.41. The van der Waals surface area contributed by atoms with Crippen LogP contribution in [0.25, 0.3) is 6.08 Å². The number of hydrogen-bond acceptors (Lipinski definition) is 5. The van der Waals surface area contributed by atoms with Crippen molar-refractivity contribution in [3.8, 4) is 0 Å². The molecule has 0 spiro atoms. The van der Waals surface area contributed by atoms with Crippen LogP contribution in [0, 0.1) is 20.2 Å². The highest BCUT2D eigenvalue weighted by molar-refractivity contribution is 5.60. The van der Waals surface area contributed by atoms with E-state index in [0.29, 0.717) is 5.56 Å². The maximum atomic E-state index is 11.0. The van der Waals surface area contributed by atoms with Crippen molar-refractivity contribution in [2.75, 3.05) is 37.6 Å². The van der Waals surface area contributed by atoms with Crippen LogP contribution in [0.15, 0.2) is 54.6 Å². The molecule has 0 bridgehead atoms. The van der Waals surface area contributed by atoms with Gasteiger partial charge in [0.2, 0.25) is 0 Å². The number of piperazine rings is 1. The average Bonchev–Trinajstić information content (AvgIpc) is 2.69. The predicted molar refractivity (Wildman–Crippen MR) is 103 cm³/mol. The summed E-state index contributed by atoms with van der Waals surface area (Å²) in [5, 5.41) is 21.8. The molecule has 27 heavy (non-hydrogen) atoms. The first kappa shape index (κ1) is 18.5. The number of nitro groups is 2. The first-order valence-corrected chi connectivity index (χ1v) is 8.77. The molecule has 0 radical (unpaired) electrons. The molecule has 1 N–H and O–H groups in total. The Kier molecular flexibility index (Phi) is 5.77. The lowest BCUT2D eigenvalue weighted by molar-refractivity contribution is -0.894. The quantitative estimate of drug-likeness (QED) is 0.620. The zero-order valence-electron chi connectivity index (χ0n) is 14.8. The van der Waals surface area contributed by atoms with E-state index in [2.05, 4.69) is 4.90 Å². The number of anilines is 1. The smallest absolute Gasteiger partial charge is 0.276 e. The molecule has 0 amide bonds. The Labute approximate surface area is 156 Å². The lowest BCUT2D eigenvalue weighted by atomic mass is 10.1. The fraction of sp³-hybridized carbons (Fsp3) is 0.263. The molecule has 0 unspecified atom stereocenters. The second-order valence-corrected chi connectivity index (χ2v) is 6.43. The van der Waals surface area contributed by atoms with Crippen molar-refractivity contribution in [1.82, 2.24) is 0 Å². The molecular weight excluding hydrogens is 348 g/mol. The topological polar surface area (TPSA) is 94.0 Å². The van der Waals surface area contributed by atoms with Crippen LogP contribution in [0.2, 0.25) is 0 Å². The van der Waals surface area contributed by atoms with Crippen molar-refractivity contribution in [2.24, 2.45) is 0 Å². The molecule has 1 heterocycles. The number of hydrogen-bond donors (Lipinski definition) is 1. The third-order valence-corrected chi connectivity index (χ3v) is 4.73. The number of para-hydroxylation sites is 1. The summed E-state index contributed by atoms with van der Waals surface area (Å²) < 4.78 is 0. The van der Waals surface area contributed by atoms with Gasteiger partial charge in [0.1, 0.15) is 0 Å². The summed E-state index contributed by atoms with van der Waals surface area (Å²) in [4.78, 5) is 24.6. The van der Waals surface area contributed by atoms with Gasteiger partial charge in [0.05, 0.1) is 48.1 Å². The van der Waals surface area contributed by atoms with Crippen LogP contribution in [-0.4, -0.2) is 42.6 Å². The second-order valence-electron chi connectivity index (χ2n) is 6.43. The molecule has 3 rings (SSSR count). The predicted octanol–water partition coefficient (Wildman–Crippen LogP) is 1.92. The molecule has 0 saturated carbocycles. The van der Waals surface area contributed by atoms with Gasteiger partial charge in [0.25, 0.3) is 11.4 Å². The fourth-order valence-electron chi connectivity index (χ4n) is 3.22. The minimum Gasteiger partial charge on any atom is -0.360 e.